The predicted octanol–water partition coefficient (Wildman–Crippen LogP) is 2.39. The maximum atomic E-state index is 12.7. The van der Waals surface area contributed by atoms with Crippen LogP contribution >= 0.6 is 0 Å². The highest BCUT2D eigenvalue weighted by Gasteiger charge is 2.34. The second-order valence-electron chi connectivity index (χ2n) is 8.91. The van der Waals surface area contributed by atoms with Crippen molar-refractivity contribution < 1.29 is 14.1 Å². The van der Waals surface area contributed by atoms with Gasteiger partial charge < -0.3 is 14.7 Å². The lowest BCUT2D eigenvalue weighted by Crippen LogP contribution is -2.51. The van der Waals surface area contributed by atoms with Crippen LogP contribution in [-0.4, -0.2) is 65.0 Å². The number of carbonyl (C=O) groups excluding carboxylic acids is 2. The van der Waals surface area contributed by atoms with Crippen LogP contribution in [0.25, 0.3) is 0 Å². The molecule has 7 heteroatoms. The average Bonchev–Trinajstić information content (AvgIpc) is 3.38. The van der Waals surface area contributed by atoms with Gasteiger partial charge in [0.25, 0.3) is 5.91 Å². The first-order chi connectivity index (χ1) is 13.5. The quantitative estimate of drug-likeness (QED) is 0.838. The number of piperidine rings is 2. The molecule has 0 spiro atoms. The van der Waals surface area contributed by atoms with Crippen molar-refractivity contribution in [1.29, 1.82) is 0 Å². The fraction of sp³-hybridized carbons (Fsp3) is 0.762. The Morgan fingerprint density at radius 2 is 1.89 bits per heavy atom. The molecule has 1 aromatic rings. The monoisotopic (exact) mass is 388 g/mol. The molecule has 0 radical (unpaired) electrons. The summed E-state index contributed by atoms with van der Waals surface area (Å²) in [6.07, 6.45) is 6.26. The molecule has 0 aromatic carbocycles. The molecule has 1 aromatic heterocycles. The van der Waals surface area contributed by atoms with Gasteiger partial charge in [0, 0.05) is 37.8 Å². The number of aromatic nitrogens is 1. The molecule has 154 valence electrons. The molecular formula is C21H32N4O3. The Morgan fingerprint density at radius 3 is 2.54 bits per heavy atom. The minimum Gasteiger partial charge on any atom is -0.353 e. The number of hydrogen-bond acceptors (Lipinski definition) is 5. The lowest BCUT2D eigenvalue weighted by Gasteiger charge is -2.41. The third kappa shape index (κ3) is 4.40. The molecule has 4 rings (SSSR count). The highest BCUT2D eigenvalue weighted by atomic mass is 16.5. The lowest BCUT2D eigenvalue weighted by atomic mass is 9.93. The van der Waals surface area contributed by atoms with Gasteiger partial charge in [-0.05, 0) is 51.0 Å². The number of nitrogens with zero attached hydrogens (tertiary/aromatic N) is 3. The van der Waals surface area contributed by atoms with E-state index in [-0.39, 0.29) is 23.7 Å². The number of likely N-dealkylation sites (tertiary alicyclic amines) is 2. The topological polar surface area (TPSA) is 78.7 Å². The largest absolute Gasteiger partial charge is 0.353 e. The molecule has 7 nitrogen and oxygen atoms in total. The van der Waals surface area contributed by atoms with Crippen LogP contribution in [0, 0.1) is 5.92 Å². The van der Waals surface area contributed by atoms with E-state index in [9.17, 15) is 9.59 Å². The minimum absolute atomic E-state index is 0.0572. The molecule has 3 fully saturated rings. The summed E-state index contributed by atoms with van der Waals surface area (Å²) in [6.45, 7) is 7.46. The molecule has 28 heavy (non-hydrogen) atoms. The molecule has 3 heterocycles. The Balaban J connectivity index is 1.28. The van der Waals surface area contributed by atoms with Crippen molar-refractivity contribution in [3.63, 3.8) is 0 Å². The zero-order chi connectivity index (χ0) is 19.7. The number of rotatable bonds is 5. The Kier molecular flexibility index (Phi) is 5.71. The summed E-state index contributed by atoms with van der Waals surface area (Å²) in [5, 5.41) is 7.16. The van der Waals surface area contributed by atoms with E-state index in [0.717, 1.165) is 70.4 Å². The predicted molar refractivity (Wildman–Crippen MR) is 105 cm³/mol. The Hall–Kier alpha value is -1.89. The zero-order valence-corrected chi connectivity index (χ0v) is 17.0. The van der Waals surface area contributed by atoms with Crippen LogP contribution in [0.2, 0.25) is 0 Å². The van der Waals surface area contributed by atoms with Crippen molar-refractivity contribution in [3.8, 4) is 0 Å². The molecule has 0 unspecified atom stereocenters. The normalized spacial score (nSPS) is 24.5. The third-order valence-electron chi connectivity index (χ3n) is 6.35. The van der Waals surface area contributed by atoms with Gasteiger partial charge in [0.2, 0.25) is 11.7 Å². The van der Waals surface area contributed by atoms with Gasteiger partial charge in [-0.25, -0.2) is 0 Å². The molecule has 2 aliphatic heterocycles. The van der Waals surface area contributed by atoms with Gasteiger partial charge in [0.1, 0.15) is 0 Å². The van der Waals surface area contributed by atoms with Gasteiger partial charge in [-0.2, -0.15) is 0 Å². The van der Waals surface area contributed by atoms with Crippen LogP contribution in [0.1, 0.15) is 74.5 Å². The van der Waals surface area contributed by atoms with E-state index in [4.69, 9.17) is 4.52 Å². The molecule has 1 N–H and O–H groups in total. The second-order valence-corrected chi connectivity index (χ2v) is 8.91. The first-order valence-electron chi connectivity index (χ1n) is 10.8. The Bertz CT molecular complexity index is 704. The van der Waals surface area contributed by atoms with Gasteiger partial charge in [0.15, 0.2) is 0 Å². The summed E-state index contributed by atoms with van der Waals surface area (Å²) in [5.74, 6) is 0.902. The molecule has 1 saturated carbocycles. The second kappa shape index (κ2) is 8.23. The average molecular weight is 389 g/mol. The molecule has 1 aliphatic carbocycles. The first-order valence-corrected chi connectivity index (χ1v) is 10.8. The summed E-state index contributed by atoms with van der Waals surface area (Å²) in [4.78, 5) is 29.5. The Labute approximate surface area is 166 Å². The summed E-state index contributed by atoms with van der Waals surface area (Å²) in [7, 11) is 0. The van der Waals surface area contributed by atoms with Crippen LogP contribution in [0.4, 0.5) is 0 Å². The first kappa shape index (κ1) is 19.4. The fourth-order valence-corrected chi connectivity index (χ4v) is 4.35. The number of carbonyl (C=O) groups is 2. The van der Waals surface area contributed by atoms with E-state index in [1.54, 1.807) is 6.07 Å². The number of amides is 2. The van der Waals surface area contributed by atoms with Crippen molar-refractivity contribution in [2.24, 2.45) is 5.92 Å². The van der Waals surface area contributed by atoms with Gasteiger partial charge in [-0.3, -0.25) is 14.5 Å². The van der Waals surface area contributed by atoms with Crippen molar-refractivity contribution in [2.45, 2.75) is 70.4 Å². The van der Waals surface area contributed by atoms with E-state index in [2.05, 4.69) is 15.4 Å². The van der Waals surface area contributed by atoms with Gasteiger partial charge >= 0.3 is 0 Å². The molecule has 3 aliphatic rings. The van der Waals surface area contributed by atoms with Crippen LogP contribution in [-0.2, 0) is 4.79 Å². The van der Waals surface area contributed by atoms with E-state index in [0.29, 0.717) is 17.8 Å². The van der Waals surface area contributed by atoms with Crippen LogP contribution in [0.15, 0.2) is 10.6 Å². The van der Waals surface area contributed by atoms with Crippen molar-refractivity contribution in [1.82, 2.24) is 20.3 Å². The van der Waals surface area contributed by atoms with Gasteiger partial charge in [0.05, 0.1) is 11.6 Å². The van der Waals surface area contributed by atoms with Crippen molar-refractivity contribution >= 4 is 11.8 Å². The highest BCUT2D eigenvalue weighted by molar-refractivity contribution is 5.91. The summed E-state index contributed by atoms with van der Waals surface area (Å²) in [6, 6.07) is 2.67. The number of hydrogen-bond donors (Lipinski definition) is 1. The molecular weight excluding hydrogens is 356 g/mol. The molecule has 2 saturated heterocycles. The lowest BCUT2D eigenvalue weighted by molar-refractivity contribution is -0.127. The summed E-state index contributed by atoms with van der Waals surface area (Å²) < 4.78 is 5.27. The van der Waals surface area contributed by atoms with E-state index in [1.165, 1.54) is 0 Å². The minimum atomic E-state index is -0.0572. The molecule has 2 amide bonds. The highest BCUT2D eigenvalue weighted by Crippen LogP contribution is 2.26. The van der Waals surface area contributed by atoms with Crippen molar-refractivity contribution in [2.75, 3.05) is 26.2 Å². The standard InChI is InChI=1S/C21H32N4O3/c1-14(2)18-12-19(28-23-18)21(27)24-10-7-17(8-11-24)25-9-3-4-15(13-25)20(26)22-16-5-6-16/h12,14-17H,3-11,13H2,1-2H3,(H,22,26)/t15-/m1/s1. The zero-order valence-electron chi connectivity index (χ0n) is 17.0. The molecule has 0 bridgehead atoms. The Morgan fingerprint density at radius 1 is 1.14 bits per heavy atom. The van der Waals surface area contributed by atoms with E-state index in [1.807, 2.05) is 18.7 Å². The van der Waals surface area contributed by atoms with Crippen LogP contribution in [0.3, 0.4) is 0 Å². The third-order valence-corrected chi connectivity index (χ3v) is 6.35. The maximum absolute atomic E-state index is 12.7. The molecule has 1 atom stereocenters. The maximum Gasteiger partial charge on any atom is 0.292 e. The SMILES string of the molecule is CC(C)c1cc(C(=O)N2CCC(N3CCC[C@@H](C(=O)NC4CC4)C3)CC2)on1. The van der Waals surface area contributed by atoms with Crippen molar-refractivity contribution in [3.05, 3.63) is 17.5 Å². The number of nitrogens with one attached hydrogen (secondary N) is 1. The van der Waals surface area contributed by atoms with E-state index >= 15 is 0 Å². The van der Waals surface area contributed by atoms with E-state index < -0.39 is 0 Å². The van der Waals surface area contributed by atoms with Gasteiger partial charge in [-0.15, -0.1) is 0 Å². The van der Waals surface area contributed by atoms with Gasteiger partial charge in [-0.1, -0.05) is 19.0 Å². The summed E-state index contributed by atoms with van der Waals surface area (Å²) >= 11 is 0. The smallest absolute Gasteiger partial charge is 0.292 e. The fourth-order valence-electron chi connectivity index (χ4n) is 4.35. The summed E-state index contributed by atoms with van der Waals surface area (Å²) in [5.41, 5.74) is 0.821. The van der Waals surface area contributed by atoms with Crippen LogP contribution < -0.4 is 5.32 Å². The van der Waals surface area contributed by atoms with Crippen LogP contribution in [0.5, 0.6) is 0 Å².